The molecule has 2 N–H and O–H groups in total. The molecule has 30 heavy (non-hydrogen) atoms. The van der Waals surface area contributed by atoms with E-state index in [1.807, 2.05) is 19.2 Å². The second kappa shape index (κ2) is 9.60. The van der Waals surface area contributed by atoms with Crippen molar-refractivity contribution >= 4 is 17.5 Å². The molecule has 0 aliphatic heterocycles. The first-order chi connectivity index (χ1) is 14.5. The minimum Gasteiger partial charge on any atom is -0.497 e. The lowest BCUT2D eigenvalue weighted by molar-refractivity contribution is -0.119. The van der Waals surface area contributed by atoms with Gasteiger partial charge >= 0.3 is 0 Å². The van der Waals surface area contributed by atoms with E-state index in [1.165, 1.54) is 6.92 Å². The minimum absolute atomic E-state index is 0.110. The van der Waals surface area contributed by atoms with Crippen LogP contribution in [-0.2, 0) is 11.8 Å². The molecule has 0 radical (unpaired) electrons. The van der Waals surface area contributed by atoms with Crippen molar-refractivity contribution in [3.8, 4) is 22.8 Å². The van der Waals surface area contributed by atoms with Crippen molar-refractivity contribution in [3.05, 3.63) is 60.3 Å². The van der Waals surface area contributed by atoms with Crippen LogP contribution in [0.3, 0.4) is 0 Å². The number of amides is 2. The molecule has 0 unspecified atom stereocenters. The van der Waals surface area contributed by atoms with Crippen molar-refractivity contribution in [1.29, 1.82) is 0 Å². The van der Waals surface area contributed by atoms with Crippen molar-refractivity contribution in [2.45, 2.75) is 6.92 Å². The predicted octanol–water partition coefficient (Wildman–Crippen LogP) is 2.86. The summed E-state index contributed by atoms with van der Waals surface area (Å²) in [5.41, 5.74) is 2.73. The highest BCUT2D eigenvalue weighted by Crippen LogP contribution is 2.32. The summed E-state index contributed by atoms with van der Waals surface area (Å²) in [5, 5.41) is 9.82. The summed E-state index contributed by atoms with van der Waals surface area (Å²) in [5.74, 6) is 0.884. The second-order valence-electron chi connectivity index (χ2n) is 6.57. The maximum absolute atomic E-state index is 12.7. The average Bonchev–Trinajstić information content (AvgIpc) is 3.17. The zero-order valence-electron chi connectivity index (χ0n) is 17.1. The van der Waals surface area contributed by atoms with Crippen molar-refractivity contribution in [3.63, 3.8) is 0 Å². The van der Waals surface area contributed by atoms with Gasteiger partial charge in [0.05, 0.1) is 19.3 Å². The highest BCUT2D eigenvalue weighted by atomic mass is 16.5. The Labute approximate surface area is 174 Å². The molecule has 2 amide bonds. The summed E-state index contributed by atoms with van der Waals surface area (Å²) in [6, 6.07) is 14.2. The van der Waals surface area contributed by atoms with Crippen LogP contribution < -0.4 is 20.1 Å². The van der Waals surface area contributed by atoms with Crippen LogP contribution in [0, 0.1) is 0 Å². The minimum atomic E-state index is -0.246. The van der Waals surface area contributed by atoms with E-state index in [9.17, 15) is 9.59 Å². The molecule has 1 aromatic heterocycles. The molecule has 2 aromatic carbocycles. The fourth-order valence-electron chi connectivity index (χ4n) is 2.93. The first-order valence-corrected chi connectivity index (χ1v) is 9.43. The maximum atomic E-state index is 12.7. The molecule has 0 aliphatic rings. The third-order valence-electron chi connectivity index (χ3n) is 4.40. The Balaban J connectivity index is 1.83. The number of aromatic nitrogens is 2. The fraction of sp³-hybridized carbons (Fsp3) is 0.227. The van der Waals surface area contributed by atoms with E-state index in [2.05, 4.69) is 15.7 Å². The summed E-state index contributed by atoms with van der Waals surface area (Å²) in [6.07, 6.45) is 1.69. The third kappa shape index (κ3) is 5.16. The Morgan fingerprint density at radius 3 is 2.67 bits per heavy atom. The summed E-state index contributed by atoms with van der Waals surface area (Å²) in [7, 11) is 3.39. The van der Waals surface area contributed by atoms with Gasteiger partial charge in [0.1, 0.15) is 18.1 Å². The van der Waals surface area contributed by atoms with Crippen molar-refractivity contribution in [2.75, 3.05) is 25.6 Å². The molecule has 0 bridgehead atoms. The molecule has 0 aliphatic carbocycles. The van der Waals surface area contributed by atoms with Crippen LogP contribution in [0.2, 0.25) is 0 Å². The molecule has 0 fully saturated rings. The lowest BCUT2D eigenvalue weighted by Gasteiger charge is -2.14. The van der Waals surface area contributed by atoms with E-state index in [0.29, 0.717) is 35.9 Å². The Bertz CT molecular complexity index is 1050. The first-order valence-electron chi connectivity index (χ1n) is 9.43. The SMILES string of the molecule is COc1cccc(C(=O)Nc2ccc(OCCNC(C)=O)c(-c3ccnn3C)c2)c1. The van der Waals surface area contributed by atoms with Gasteiger partial charge in [-0.2, -0.15) is 5.10 Å². The number of hydrogen-bond acceptors (Lipinski definition) is 5. The molecule has 3 aromatic rings. The monoisotopic (exact) mass is 408 g/mol. The largest absolute Gasteiger partial charge is 0.497 e. The van der Waals surface area contributed by atoms with Crippen molar-refractivity contribution in [2.24, 2.45) is 7.05 Å². The highest BCUT2D eigenvalue weighted by molar-refractivity contribution is 6.04. The molecule has 0 spiro atoms. The topological polar surface area (TPSA) is 94.5 Å². The van der Waals surface area contributed by atoms with Crippen LogP contribution in [0.1, 0.15) is 17.3 Å². The third-order valence-corrected chi connectivity index (χ3v) is 4.40. The number of carbonyl (C=O) groups is 2. The number of anilines is 1. The van der Waals surface area contributed by atoms with Crippen LogP contribution in [-0.4, -0.2) is 41.9 Å². The van der Waals surface area contributed by atoms with Gasteiger partial charge in [0, 0.05) is 37.0 Å². The highest BCUT2D eigenvalue weighted by Gasteiger charge is 2.14. The zero-order valence-corrected chi connectivity index (χ0v) is 17.1. The molecule has 0 atom stereocenters. The smallest absolute Gasteiger partial charge is 0.255 e. The van der Waals surface area contributed by atoms with Crippen LogP contribution in [0.15, 0.2) is 54.7 Å². The summed E-state index contributed by atoms with van der Waals surface area (Å²) in [4.78, 5) is 23.7. The van der Waals surface area contributed by atoms with E-state index in [1.54, 1.807) is 54.4 Å². The molecular formula is C22H24N4O4. The van der Waals surface area contributed by atoms with Crippen molar-refractivity contribution in [1.82, 2.24) is 15.1 Å². The number of rotatable bonds is 8. The molecular weight excluding hydrogens is 384 g/mol. The van der Waals surface area contributed by atoms with E-state index in [4.69, 9.17) is 9.47 Å². The number of hydrogen-bond donors (Lipinski definition) is 2. The zero-order chi connectivity index (χ0) is 21.5. The van der Waals surface area contributed by atoms with E-state index >= 15 is 0 Å². The van der Waals surface area contributed by atoms with Gasteiger partial charge in [-0.15, -0.1) is 0 Å². The number of nitrogens with one attached hydrogen (secondary N) is 2. The maximum Gasteiger partial charge on any atom is 0.255 e. The molecule has 156 valence electrons. The lowest BCUT2D eigenvalue weighted by Crippen LogP contribution is -2.25. The molecule has 1 heterocycles. The standard InChI is InChI=1S/C22H24N4O4/c1-15(27)23-11-12-30-21-8-7-17(14-19(21)20-9-10-24-26(20)2)25-22(28)16-5-4-6-18(13-16)29-3/h4-10,13-14H,11-12H2,1-3H3,(H,23,27)(H,25,28). The van der Waals surface area contributed by atoms with Gasteiger partial charge in [0.2, 0.25) is 5.91 Å². The Morgan fingerprint density at radius 1 is 1.13 bits per heavy atom. The quantitative estimate of drug-likeness (QED) is 0.559. The molecule has 0 saturated heterocycles. The Morgan fingerprint density at radius 2 is 1.97 bits per heavy atom. The van der Waals surface area contributed by atoms with Gasteiger partial charge in [-0.05, 0) is 42.5 Å². The van der Waals surface area contributed by atoms with Crippen LogP contribution in [0.5, 0.6) is 11.5 Å². The normalized spacial score (nSPS) is 10.4. The average molecular weight is 408 g/mol. The molecule has 8 nitrogen and oxygen atoms in total. The Kier molecular flexibility index (Phi) is 6.69. The molecule has 8 heteroatoms. The number of methoxy groups -OCH3 is 1. The summed E-state index contributed by atoms with van der Waals surface area (Å²) >= 11 is 0. The second-order valence-corrected chi connectivity index (χ2v) is 6.57. The van der Waals surface area contributed by atoms with Crippen LogP contribution >= 0.6 is 0 Å². The van der Waals surface area contributed by atoms with Crippen LogP contribution in [0.4, 0.5) is 5.69 Å². The van der Waals surface area contributed by atoms with Gasteiger partial charge in [0.15, 0.2) is 0 Å². The number of aryl methyl sites for hydroxylation is 1. The lowest BCUT2D eigenvalue weighted by atomic mass is 10.1. The van der Waals surface area contributed by atoms with E-state index in [0.717, 1.165) is 11.3 Å². The summed E-state index contributed by atoms with van der Waals surface area (Å²) in [6.45, 7) is 2.18. The van der Waals surface area contributed by atoms with Crippen molar-refractivity contribution < 1.29 is 19.1 Å². The first kappa shape index (κ1) is 20.9. The van der Waals surface area contributed by atoms with Gasteiger partial charge in [-0.3, -0.25) is 14.3 Å². The molecule has 3 rings (SSSR count). The van der Waals surface area contributed by atoms with E-state index in [-0.39, 0.29) is 11.8 Å². The number of nitrogens with zero attached hydrogens (tertiary/aromatic N) is 2. The van der Waals surface area contributed by atoms with Gasteiger partial charge in [-0.25, -0.2) is 0 Å². The fourth-order valence-corrected chi connectivity index (χ4v) is 2.93. The summed E-state index contributed by atoms with van der Waals surface area (Å²) < 4.78 is 12.8. The van der Waals surface area contributed by atoms with Gasteiger partial charge in [-0.1, -0.05) is 6.07 Å². The Hall–Kier alpha value is -3.81. The number of benzene rings is 2. The van der Waals surface area contributed by atoms with Gasteiger partial charge in [0.25, 0.3) is 5.91 Å². The molecule has 0 saturated carbocycles. The number of ether oxygens (including phenoxy) is 2. The number of carbonyl (C=O) groups excluding carboxylic acids is 2. The predicted molar refractivity (Wildman–Crippen MR) is 114 cm³/mol. The van der Waals surface area contributed by atoms with E-state index < -0.39 is 0 Å². The van der Waals surface area contributed by atoms with Crippen LogP contribution in [0.25, 0.3) is 11.3 Å². The van der Waals surface area contributed by atoms with Gasteiger partial charge < -0.3 is 20.1 Å².